The molecule has 5 heteroatoms. The number of rotatable bonds is 7. The Labute approximate surface area is 125 Å². The molecule has 0 saturated heterocycles. The number of amides is 1. The van der Waals surface area contributed by atoms with Crippen molar-refractivity contribution in [1.82, 2.24) is 5.32 Å². The molecule has 0 bridgehead atoms. The van der Waals surface area contributed by atoms with Crippen LogP contribution in [0.2, 0.25) is 0 Å². The number of benzene rings is 1. The molecule has 0 heterocycles. The summed E-state index contributed by atoms with van der Waals surface area (Å²) >= 11 is 1.50. The van der Waals surface area contributed by atoms with Crippen LogP contribution in [0.25, 0.3) is 0 Å². The maximum absolute atomic E-state index is 12.0. The number of thioether (sulfide) groups is 1. The minimum absolute atomic E-state index is 0.00691. The lowest BCUT2D eigenvalue weighted by Gasteiger charge is -2.33. The average Bonchev–Trinajstić information content (AvgIpc) is 2.45. The molecule has 1 rings (SSSR count). The third kappa shape index (κ3) is 4.72. The first kappa shape index (κ1) is 16.9. The van der Waals surface area contributed by atoms with Gasteiger partial charge in [0.05, 0.1) is 18.4 Å². The van der Waals surface area contributed by atoms with Gasteiger partial charge in [-0.3, -0.25) is 4.79 Å². The highest BCUT2D eigenvalue weighted by atomic mass is 32.2. The minimum atomic E-state index is -0.350. The van der Waals surface area contributed by atoms with Gasteiger partial charge < -0.3 is 15.8 Å². The van der Waals surface area contributed by atoms with E-state index < -0.39 is 0 Å². The Morgan fingerprint density at radius 2 is 2.00 bits per heavy atom. The Morgan fingerprint density at radius 3 is 2.45 bits per heavy atom. The zero-order chi connectivity index (χ0) is 15.2. The molecule has 112 valence electrons. The predicted molar refractivity (Wildman–Crippen MR) is 84.2 cm³/mol. The van der Waals surface area contributed by atoms with Crippen LogP contribution >= 0.6 is 11.8 Å². The Bertz CT molecular complexity index is 434. The molecule has 1 aromatic carbocycles. The van der Waals surface area contributed by atoms with Crippen molar-refractivity contribution < 1.29 is 9.53 Å². The SMILES string of the molecule is COc1ccc(SCC(=O)NC(C)(CN)C(C)C)cc1. The Balaban J connectivity index is 2.50. The van der Waals surface area contributed by atoms with Gasteiger partial charge >= 0.3 is 0 Å². The van der Waals surface area contributed by atoms with Gasteiger partial charge in [-0.25, -0.2) is 0 Å². The molecule has 1 amide bonds. The van der Waals surface area contributed by atoms with E-state index in [1.54, 1.807) is 7.11 Å². The molecule has 0 aliphatic rings. The summed E-state index contributed by atoms with van der Waals surface area (Å²) in [4.78, 5) is 13.0. The highest BCUT2D eigenvalue weighted by molar-refractivity contribution is 8.00. The lowest BCUT2D eigenvalue weighted by atomic mass is 9.88. The number of methoxy groups -OCH3 is 1. The molecule has 1 aromatic rings. The number of carbonyl (C=O) groups is 1. The van der Waals surface area contributed by atoms with E-state index in [1.165, 1.54) is 11.8 Å². The van der Waals surface area contributed by atoms with Crippen LogP contribution < -0.4 is 15.8 Å². The summed E-state index contributed by atoms with van der Waals surface area (Å²) in [5, 5.41) is 3.03. The fraction of sp³-hybridized carbons (Fsp3) is 0.533. The van der Waals surface area contributed by atoms with Crippen molar-refractivity contribution >= 4 is 17.7 Å². The van der Waals surface area contributed by atoms with Crippen molar-refractivity contribution in [3.05, 3.63) is 24.3 Å². The second kappa shape index (κ2) is 7.55. The third-order valence-electron chi connectivity index (χ3n) is 3.55. The summed E-state index contributed by atoms with van der Waals surface area (Å²) in [6.45, 7) is 6.53. The van der Waals surface area contributed by atoms with Crippen molar-refractivity contribution in [2.24, 2.45) is 11.7 Å². The van der Waals surface area contributed by atoms with Crippen molar-refractivity contribution in [2.75, 3.05) is 19.4 Å². The molecular formula is C15H24N2O2S. The van der Waals surface area contributed by atoms with Gasteiger partial charge in [-0.1, -0.05) is 13.8 Å². The van der Waals surface area contributed by atoms with Crippen molar-refractivity contribution in [1.29, 1.82) is 0 Å². The molecule has 0 radical (unpaired) electrons. The standard InChI is InChI=1S/C15H24N2O2S/c1-11(2)15(3,10-16)17-14(18)9-20-13-7-5-12(19-4)6-8-13/h5-8,11H,9-10,16H2,1-4H3,(H,17,18). The summed E-state index contributed by atoms with van der Waals surface area (Å²) in [6.07, 6.45) is 0. The van der Waals surface area contributed by atoms with Crippen LogP contribution in [0.3, 0.4) is 0 Å². The molecule has 20 heavy (non-hydrogen) atoms. The van der Waals surface area contributed by atoms with Crippen LogP contribution in [0.1, 0.15) is 20.8 Å². The van der Waals surface area contributed by atoms with Gasteiger partial charge in [0, 0.05) is 11.4 Å². The maximum Gasteiger partial charge on any atom is 0.230 e. The molecule has 0 aliphatic carbocycles. The second-order valence-electron chi connectivity index (χ2n) is 5.29. The summed E-state index contributed by atoms with van der Waals surface area (Å²) < 4.78 is 5.10. The van der Waals surface area contributed by atoms with Crippen LogP contribution in [0.15, 0.2) is 29.2 Å². The van der Waals surface area contributed by atoms with Gasteiger partial charge in [0.25, 0.3) is 0 Å². The molecule has 3 N–H and O–H groups in total. The zero-order valence-corrected chi connectivity index (χ0v) is 13.4. The third-order valence-corrected chi connectivity index (χ3v) is 4.56. The lowest BCUT2D eigenvalue weighted by Crippen LogP contribution is -2.55. The predicted octanol–water partition coefficient (Wildman–Crippen LogP) is 2.28. The molecule has 0 spiro atoms. The molecule has 4 nitrogen and oxygen atoms in total. The first-order chi connectivity index (χ1) is 9.41. The van der Waals surface area contributed by atoms with E-state index in [9.17, 15) is 4.79 Å². The monoisotopic (exact) mass is 296 g/mol. The number of carbonyl (C=O) groups excluding carboxylic acids is 1. The first-order valence-electron chi connectivity index (χ1n) is 6.69. The van der Waals surface area contributed by atoms with Gasteiger partial charge in [-0.15, -0.1) is 11.8 Å². The van der Waals surface area contributed by atoms with Crippen LogP contribution in [-0.4, -0.2) is 30.9 Å². The summed E-state index contributed by atoms with van der Waals surface area (Å²) in [5.41, 5.74) is 5.41. The Kier molecular flexibility index (Phi) is 6.36. The summed E-state index contributed by atoms with van der Waals surface area (Å²) in [5.74, 6) is 1.50. The summed E-state index contributed by atoms with van der Waals surface area (Å²) in [6, 6.07) is 7.67. The van der Waals surface area contributed by atoms with E-state index in [-0.39, 0.29) is 11.4 Å². The molecular weight excluding hydrogens is 272 g/mol. The van der Waals surface area contributed by atoms with Crippen LogP contribution in [-0.2, 0) is 4.79 Å². The highest BCUT2D eigenvalue weighted by Gasteiger charge is 2.28. The topological polar surface area (TPSA) is 64.3 Å². The smallest absolute Gasteiger partial charge is 0.230 e. The Morgan fingerprint density at radius 1 is 1.40 bits per heavy atom. The van der Waals surface area contributed by atoms with Crippen LogP contribution in [0.4, 0.5) is 0 Å². The van der Waals surface area contributed by atoms with E-state index in [0.29, 0.717) is 18.2 Å². The van der Waals surface area contributed by atoms with Gasteiger partial charge in [0.1, 0.15) is 5.75 Å². The fourth-order valence-electron chi connectivity index (χ4n) is 1.61. The van der Waals surface area contributed by atoms with Gasteiger partial charge in [0.15, 0.2) is 0 Å². The zero-order valence-electron chi connectivity index (χ0n) is 12.6. The van der Waals surface area contributed by atoms with Crippen molar-refractivity contribution in [3.63, 3.8) is 0 Å². The number of nitrogens with one attached hydrogen (secondary N) is 1. The van der Waals surface area contributed by atoms with Crippen molar-refractivity contribution in [2.45, 2.75) is 31.2 Å². The van der Waals surface area contributed by atoms with Crippen molar-refractivity contribution in [3.8, 4) is 5.75 Å². The number of nitrogens with two attached hydrogens (primary N) is 1. The maximum atomic E-state index is 12.0. The van der Waals surface area contributed by atoms with E-state index >= 15 is 0 Å². The summed E-state index contributed by atoms with van der Waals surface area (Å²) in [7, 11) is 1.63. The Hall–Kier alpha value is -1.20. The number of hydrogen-bond donors (Lipinski definition) is 2. The van der Waals surface area contributed by atoms with Gasteiger partial charge in [0.2, 0.25) is 5.91 Å². The van der Waals surface area contributed by atoms with Crippen LogP contribution in [0, 0.1) is 5.92 Å². The second-order valence-corrected chi connectivity index (χ2v) is 6.34. The van der Waals surface area contributed by atoms with Gasteiger partial charge in [-0.2, -0.15) is 0 Å². The van der Waals surface area contributed by atoms with E-state index in [2.05, 4.69) is 19.2 Å². The molecule has 1 unspecified atom stereocenters. The molecule has 0 saturated carbocycles. The highest BCUT2D eigenvalue weighted by Crippen LogP contribution is 2.21. The molecule has 0 aliphatic heterocycles. The first-order valence-corrected chi connectivity index (χ1v) is 7.67. The average molecular weight is 296 g/mol. The fourth-order valence-corrected chi connectivity index (χ4v) is 2.30. The van der Waals surface area contributed by atoms with E-state index in [1.807, 2.05) is 31.2 Å². The largest absolute Gasteiger partial charge is 0.497 e. The number of hydrogen-bond acceptors (Lipinski definition) is 4. The lowest BCUT2D eigenvalue weighted by molar-refractivity contribution is -0.120. The normalized spacial score (nSPS) is 13.9. The van der Waals surface area contributed by atoms with E-state index in [0.717, 1.165) is 10.6 Å². The van der Waals surface area contributed by atoms with Gasteiger partial charge in [-0.05, 0) is 37.1 Å². The number of ether oxygens (including phenoxy) is 1. The van der Waals surface area contributed by atoms with E-state index in [4.69, 9.17) is 10.5 Å². The quantitative estimate of drug-likeness (QED) is 0.758. The minimum Gasteiger partial charge on any atom is -0.497 e. The molecule has 0 fully saturated rings. The van der Waals surface area contributed by atoms with Crippen LogP contribution in [0.5, 0.6) is 5.75 Å². The molecule has 1 atom stereocenters. The molecule has 0 aromatic heterocycles.